The summed E-state index contributed by atoms with van der Waals surface area (Å²) in [6, 6.07) is 0. The summed E-state index contributed by atoms with van der Waals surface area (Å²) in [4.78, 5) is 24.8. The predicted octanol–water partition coefficient (Wildman–Crippen LogP) is 5.72. The number of unbranched alkanes of at least 4 members (excludes halogenated alkanes) is 12. The maximum atomic E-state index is 11.2. The lowest BCUT2D eigenvalue weighted by atomic mass is 9.85. The van der Waals surface area contributed by atoms with Crippen LogP contribution in [0.15, 0.2) is 0 Å². The molecule has 0 radical (unpaired) electrons. The second-order valence-corrected chi connectivity index (χ2v) is 9.21. The van der Waals surface area contributed by atoms with Crippen LogP contribution in [0.5, 0.6) is 0 Å². The van der Waals surface area contributed by atoms with E-state index in [1.807, 2.05) is 0 Å². The van der Waals surface area contributed by atoms with E-state index >= 15 is 0 Å². The Morgan fingerprint density at radius 3 is 1.45 bits per heavy atom. The van der Waals surface area contributed by atoms with Gasteiger partial charge in [0.1, 0.15) is 0 Å². The SMILES string of the molecule is CCCCCCCCCCCCN(CCCO)CCCCCCC(C)(C(=O)O)C(=O)O. The smallest absolute Gasteiger partial charge is 0.320 e. The highest BCUT2D eigenvalue weighted by Crippen LogP contribution is 2.25. The summed E-state index contributed by atoms with van der Waals surface area (Å²) in [6.45, 7) is 6.75. The average Bonchev–Trinajstić information content (AvgIpc) is 2.74. The van der Waals surface area contributed by atoms with E-state index in [0.717, 1.165) is 45.3 Å². The van der Waals surface area contributed by atoms with Crippen molar-refractivity contribution in [2.24, 2.45) is 5.41 Å². The van der Waals surface area contributed by atoms with Gasteiger partial charge < -0.3 is 20.2 Å². The standard InChI is InChI=1S/C25H49NO5/c1-3-4-5-6-7-8-9-10-12-15-19-26(21-17-22-27)20-16-13-11-14-18-25(2,23(28)29)24(30)31/h27H,3-22H2,1-2H3,(H,28,29)(H,30,31). The molecule has 3 N–H and O–H groups in total. The van der Waals surface area contributed by atoms with Crippen LogP contribution < -0.4 is 0 Å². The van der Waals surface area contributed by atoms with Gasteiger partial charge in [0.15, 0.2) is 5.41 Å². The molecule has 6 heteroatoms. The summed E-state index contributed by atoms with van der Waals surface area (Å²) in [5, 5.41) is 27.4. The Morgan fingerprint density at radius 1 is 0.645 bits per heavy atom. The van der Waals surface area contributed by atoms with Gasteiger partial charge in [-0.1, -0.05) is 84.0 Å². The normalized spacial score (nSPS) is 11.9. The Balaban J connectivity index is 3.88. The van der Waals surface area contributed by atoms with E-state index in [1.54, 1.807) is 0 Å². The number of aliphatic hydroxyl groups is 1. The molecular formula is C25H49NO5. The number of carbonyl (C=O) groups is 2. The lowest BCUT2D eigenvalue weighted by Crippen LogP contribution is -2.36. The van der Waals surface area contributed by atoms with Crippen LogP contribution in [0.2, 0.25) is 0 Å². The summed E-state index contributed by atoms with van der Waals surface area (Å²) in [7, 11) is 0. The topological polar surface area (TPSA) is 98.1 Å². The Labute approximate surface area is 190 Å². The van der Waals surface area contributed by atoms with Crippen molar-refractivity contribution in [3.05, 3.63) is 0 Å². The monoisotopic (exact) mass is 443 g/mol. The molecule has 0 heterocycles. The van der Waals surface area contributed by atoms with Gasteiger partial charge in [0.25, 0.3) is 0 Å². The average molecular weight is 444 g/mol. The predicted molar refractivity (Wildman–Crippen MR) is 126 cm³/mol. The first kappa shape index (κ1) is 29.9. The number of carboxylic acids is 2. The Kier molecular flexibility index (Phi) is 18.8. The quantitative estimate of drug-likeness (QED) is 0.138. The zero-order valence-electron chi connectivity index (χ0n) is 20.2. The third kappa shape index (κ3) is 15.3. The van der Waals surface area contributed by atoms with Crippen molar-refractivity contribution >= 4 is 11.9 Å². The van der Waals surface area contributed by atoms with Gasteiger partial charge in [-0.15, -0.1) is 0 Å². The molecule has 0 aromatic heterocycles. The molecular weight excluding hydrogens is 394 g/mol. The van der Waals surface area contributed by atoms with Crippen LogP contribution in [-0.4, -0.2) is 58.4 Å². The van der Waals surface area contributed by atoms with Crippen LogP contribution >= 0.6 is 0 Å². The minimum absolute atomic E-state index is 0.171. The van der Waals surface area contributed by atoms with Crippen LogP contribution in [0, 0.1) is 5.41 Å². The maximum Gasteiger partial charge on any atom is 0.320 e. The van der Waals surface area contributed by atoms with Crippen molar-refractivity contribution in [2.45, 2.75) is 117 Å². The van der Waals surface area contributed by atoms with E-state index < -0.39 is 17.4 Å². The fourth-order valence-corrected chi connectivity index (χ4v) is 3.93. The number of carboxylic acid groups (broad SMARTS) is 2. The fourth-order valence-electron chi connectivity index (χ4n) is 3.93. The first-order valence-electron chi connectivity index (χ1n) is 12.7. The van der Waals surface area contributed by atoms with Gasteiger partial charge in [-0.3, -0.25) is 9.59 Å². The molecule has 184 valence electrons. The highest BCUT2D eigenvalue weighted by molar-refractivity contribution is 5.97. The van der Waals surface area contributed by atoms with Gasteiger partial charge in [-0.25, -0.2) is 0 Å². The number of aliphatic carboxylic acids is 2. The molecule has 0 saturated carbocycles. The van der Waals surface area contributed by atoms with Crippen molar-refractivity contribution in [3.63, 3.8) is 0 Å². The number of rotatable bonds is 23. The third-order valence-electron chi connectivity index (χ3n) is 6.31. The van der Waals surface area contributed by atoms with Gasteiger partial charge >= 0.3 is 11.9 Å². The third-order valence-corrected chi connectivity index (χ3v) is 6.31. The van der Waals surface area contributed by atoms with Gasteiger partial charge in [-0.2, -0.15) is 0 Å². The Bertz CT molecular complexity index is 441. The molecule has 0 atom stereocenters. The maximum absolute atomic E-state index is 11.2. The van der Waals surface area contributed by atoms with Crippen LogP contribution in [0.4, 0.5) is 0 Å². The van der Waals surface area contributed by atoms with Crippen molar-refractivity contribution < 1.29 is 24.9 Å². The number of aliphatic hydroxyl groups excluding tert-OH is 1. The summed E-state index contributed by atoms with van der Waals surface area (Å²) >= 11 is 0. The molecule has 0 aromatic carbocycles. The largest absolute Gasteiger partial charge is 0.480 e. The fraction of sp³-hybridized carbons (Fsp3) is 0.920. The molecule has 0 spiro atoms. The molecule has 0 fully saturated rings. The molecule has 0 bridgehead atoms. The van der Waals surface area contributed by atoms with E-state index in [9.17, 15) is 9.59 Å². The first-order valence-corrected chi connectivity index (χ1v) is 12.7. The molecule has 0 unspecified atom stereocenters. The molecule has 0 rings (SSSR count). The van der Waals surface area contributed by atoms with Crippen molar-refractivity contribution in [2.75, 3.05) is 26.2 Å². The van der Waals surface area contributed by atoms with E-state index in [2.05, 4.69) is 11.8 Å². The lowest BCUT2D eigenvalue weighted by molar-refractivity contribution is -0.163. The Morgan fingerprint density at radius 2 is 1.03 bits per heavy atom. The highest BCUT2D eigenvalue weighted by Gasteiger charge is 2.40. The minimum atomic E-state index is -1.68. The second kappa shape index (κ2) is 19.5. The van der Waals surface area contributed by atoms with Gasteiger partial charge in [0.05, 0.1) is 0 Å². The summed E-state index contributed by atoms with van der Waals surface area (Å²) < 4.78 is 0. The van der Waals surface area contributed by atoms with Gasteiger partial charge in [0, 0.05) is 13.2 Å². The molecule has 0 aromatic rings. The summed E-state index contributed by atoms with van der Waals surface area (Å²) in [5.41, 5.74) is -1.68. The molecule has 0 saturated heterocycles. The van der Waals surface area contributed by atoms with Crippen molar-refractivity contribution in [3.8, 4) is 0 Å². The van der Waals surface area contributed by atoms with Crippen molar-refractivity contribution in [1.29, 1.82) is 0 Å². The van der Waals surface area contributed by atoms with E-state index in [0.29, 0.717) is 6.42 Å². The Hall–Kier alpha value is -1.14. The summed E-state index contributed by atoms with van der Waals surface area (Å²) in [6.07, 6.45) is 17.7. The van der Waals surface area contributed by atoms with Crippen LogP contribution in [0.25, 0.3) is 0 Å². The van der Waals surface area contributed by atoms with Crippen LogP contribution in [0.3, 0.4) is 0 Å². The molecule has 31 heavy (non-hydrogen) atoms. The first-order chi connectivity index (χ1) is 14.9. The summed E-state index contributed by atoms with van der Waals surface area (Å²) in [5.74, 6) is -2.52. The van der Waals surface area contributed by atoms with Crippen molar-refractivity contribution in [1.82, 2.24) is 4.90 Å². The number of hydrogen-bond donors (Lipinski definition) is 3. The van der Waals surface area contributed by atoms with E-state index in [1.165, 1.54) is 71.1 Å². The second-order valence-electron chi connectivity index (χ2n) is 9.21. The van der Waals surface area contributed by atoms with E-state index in [-0.39, 0.29) is 13.0 Å². The number of nitrogens with zero attached hydrogens (tertiary/aromatic N) is 1. The molecule has 6 nitrogen and oxygen atoms in total. The van der Waals surface area contributed by atoms with E-state index in [4.69, 9.17) is 15.3 Å². The van der Waals surface area contributed by atoms with Gasteiger partial charge in [-0.05, 0) is 45.7 Å². The molecule has 0 aliphatic rings. The number of hydrogen-bond acceptors (Lipinski definition) is 4. The highest BCUT2D eigenvalue weighted by atomic mass is 16.4. The van der Waals surface area contributed by atoms with Crippen LogP contribution in [0.1, 0.15) is 117 Å². The minimum Gasteiger partial charge on any atom is -0.480 e. The zero-order chi connectivity index (χ0) is 23.4. The molecule has 0 aliphatic carbocycles. The molecule has 0 amide bonds. The zero-order valence-corrected chi connectivity index (χ0v) is 20.2. The molecule has 0 aliphatic heterocycles. The van der Waals surface area contributed by atoms with Gasteiger partial charge in [0.2, 0.25) is 0 Å². The lowest BCUT2D eigenvalue weighted by Gasteiger charge is -2.22. The van der Waals surface area contributed by atoms with Crippen LogP contribution in [-0.2, 0) is 9.59 Å².